The minimum absolute atomic E-state index is 0.391. The summed E-state index contributed by atoms with van der Waals surface area (Å²) >= 11 is 0. The van der Waals surface area contributed by atoms with Crippen molar-refractivity contribution in [3.05, 3.63) is 11.4 Å². The van der Waals surface area contributed by atoms with Crippen LogP contribution in [0.2, 0.25) is 0 Å². The van der Waals surface area contributed by atoms with Crippen LogP contribution in [0.15, 0.2) is 0 Å². The normalized spacial score (nSPS) is 17.8. The van der Waals surface area contributed by atoms with Gasteiger partial charge in [0.2, 0.25) is 0 Å². The van der Waals surface area contributed by atoms with E-state index in [9.17, 15) is 0 Å². The maximum atomic E-state index is 4.66. The summed E-state index contributed by atoms with van der Waals surface area (Å²) in [5.41, 5.74) is 1.57. The second-order valence-corrected chi connectivity index (χ2v) is 6.33. The minimum Gasteiger partial charge on any atom is -0.370 e. The molecule has 19 heavy (non-hydrogen) atoms. The summed E-state index contributed by atoms with van der Waals surface area (Å²) in [5.74, 6) is 2.95. The van der Waals surface area contributed by atoms with Gasteiger partial charge in [-0.25, -0.2) is 9.97 Å². The highest BCUT2D eigenvalue weighted by Gasteiger charge is 2.31. The number of nitrogens with one attached hydrogen (secondary N) is 1. The van der Waals surface area contributed by atoms with Crippen LogP contribution < -0.4 is 10.2 Å². The third-order valence-corrected chi connectivity index (χ3v) is 3.75. The van der Waals surface area contributed by atoms with E-state index in [2.05, 4.69) is 47.9 Å². The molecule has 0 spiro atoms. The Hall–Kier alpha value is -1.32. The van der Waals surface area contributed by atoms with Crippen LogP contribution in [0.4, 0.5) is 11.6 Å². The third-order valence-electron chi connectivity index (χ3n) is 3.75. The van der Waals surface area contributed by atoms with E-state index in [0.717, 1.165) is 43.5 Å². The van der Waals surface area contributed by atoms with Crippen LogP contribution in [0.25, 0.3) is 0 Å². The van der Waals surface area contributed by atoms with Gasteiger partial charge < -0.3 is 10.2 Å². The summed E-state index contributed by atoms with van der Waals surface area (Å²) in [6.45, 7) is 14.1. The molecule has 2 rings (SSSR count). The van der Waals surface area contributed by atoms with Gasteiger partial charge in [-0.15, -0.1) is 0 Å². The summed E-state index contributed by atoms with van der Waals surface area (Å²) in [5, 5.41) is 3.41. The molecule has 0 unspecified atom stereocenters. The zero-order valence-corrected chi connectivity index (χ0v) is 12.9. The maximum absolute atomic E-state index is 4.66. The Morgan fingerprint density at radius 2 is 2.00 bits per heavy atom. The molecule has 0 radical (unpaired) electrons. The molecule has 0 aromatic carbocycles. The molecule has 0 amide bonds. The molecule has 4 heteroatoms. The zero-order chi connectivity index (χ0) is 14.0. The van der Waals surface area contributed by atoms with E-state index in [1.54, 1.807) is 0 Å². The molecule has 1 aromatic rings. The number of anilines is 2. The van der Waals surface area contributed by atoms with E-state index in [4.69, 9.17) is 0 Å². The molecule has 0 bridgehead atoms. The number of rotatable bonds is 4. The van der Waals surface area contributed by atoms with Crippen molar-refractivity contribution in [2.75, 3.05) is 29.9 Å². The molecule has 1 fully saturated rings. The summed E-state index contributed by atoms with van der Waals surface area (Å²) in [6, 6.07) is 0. The molecule has 1 saturated heterocycles. The standard InChI is InChI=1S/C15H26N4/c1-6-8-16-13-11(2)14(18-12(3)17-13)19-9-7-15(4,5)10-19/h6-10H2,1-5H3,(H,16,17,18). The van der Waals surface area contributed by atoms with Crippen molar-refractivity contribution in [3.8, 4) is 0 Å². The molecule has 0 saturated carbocycles. The Labute approximate surface area is 116 Å². The lowest BCUT2D eigenvalue weighted by molar-refractivity contribution is 0.418. The SMILES string of the molecule is CCCNc1nc(C)nc(N2CCC(C)(C)C2)c1C. The van der Waals surface area contributed by atoms with Crippen molar-refractivity contribution >= 4 is 11.6 Å². The van der Waals surface area contributed by atoms with Gasteiger partial charge in [0.1, 0.15) is 17.5 Å². The van der Waals surface area contributed by atoms with Gasteiger partial charge in [0.15, 0.2) is 0 Å². The second kappa shape index (κ2) is 5.35. The van der Waals surface area contributed by atoms with Gasteiger partial charge in [-0.3, -0.25) is 0 Å². The van der Waals surface area contributed by atoms with Crippen molar-refractivity contribution < 1.29 is 0 Å². The van der Waals surface area contributed by atoms with E-state index in [1.165, 1.54) is 12.0 Å². The van der Waals surface area contributed by atoms with Crippen LogP contribution >= 0.6 is 0 Å². The zero-order valence-electron chi connectivity index (χ0n) is 12.9. The molecular formula is C15H26N4. The summed E-state index contributed by atoms with van der Waals surface area (Å²) < 4.78 is 0. The Balaban J connectivity index is 2.27. The second-order valence-electron chi connectivity index (χ2n) is 6.33. The molecule has 0 aliphatic carbocycles. The number of hydrogen-bond donors (Lipinski definition) is 1. The Kier molecular flexibility index (Phi) is 3.97. The monoisotopic (exact) mass is 262 g/mol. The fraction of sp³-hybridized carbons (Fsp3) is 0.733. The molecule has 1 aromatic heterocycles. The first kappa shape index (κ1) is 14.1. The quantitative estimate of drug-likeness (QED) is 0.905. The van der Waals surface area contributed by atoms with Crippen molar-refractivity contribution in [2.45, 2.75) is 47.5 Å². The third kappa shape index (κ3) is 3.17. The van der Waals surface area contributed by atoms with Gasteiger partial charge >= 0.3 is 0 Å². The Morgan fingerprint density at radius 1 is 1.26 bits per heavy atom. The van der Waals surface area contributed by atoms with Crippen molar-refractivity contribution in [3.63, 3.8) is 0 Å². The number of nitrogens with zero attached hydrogens (tertiary/aromatic N) is 3. The van der Waals surface area contributed by atoms with Crippen LogP contribution in [0.1, 0.15) is 45.0 Å². The van der Waals surface area contributed by atoms with Crippen molar-refractivity contribution in [2.24, 2.45) is 5.41 Å². The summed E-state index contributed by atoms with van der Waals surface area (Å²) in [6.07, 6.45) is 2.34. The van der Waals surface area contributed by atoms with Gasteiger partial charge in [-0.2, -0.15) is 0 Å². The lowest BCUT2D eigenvalue weighted by atomic mass is 9.93. The predicted octanol–water partition coefficient (Wildman–Crippen LogP) is 3.15. The van der Waals surface area contributed by atoms with E-state index in [1.807, 2.05) is 6.92 Å². The van der Waals surface area contributed by atoms with Crippen LogP contribution in [0, 0.1) is 19.3 Å². The van der Waals surface area contributed by atoms with Gasteiger partial charge in [-0.05, 0) is 32.1 Å². The molecule has 4 nitrogen and oxygen atoms in total. The fourth-order valence-electron chi connectivity index (χ4n) is 2.63. The highest BCUT2D eigenvalue weighted by Crippen LogP contribution is 2.34. The molecule has 2 heterocycles. The predicted molar refractivity (Wildman–Crippen MR) is 80.9 cm³/mol. The summed E-state index contributed by atoms with van der Waals surface area (Å²) in [4.78, 5) is 11.6. The lowest BCUT2D eigenvalue weighted by Crippen LogP contribution is -2.25. The Morgan fingerprint density at radius 3 is 2.58 bits per heavy atom. The molecule has 0 atom stereocenters. The molecular weight excluding hydrogens is 236 g/mol. The van der Waals surface area contributed by atoms with E-state index >= 15 is 0 Å². The first-order chi connectivity index (χ1) is 8.93. The highest BCUT2D eigenvalue weighted by molar-refractivity contribution is 5.59. The lowest BCUT2D eigenvalue weighted by Gasteiger charge is -2.23. The number of hydrogen-bond acceptors (Lipinski definition) is 4. The minimum atomic E-state index is 0.391. The smallest absolute Gasteiger partial charge is 0.137 e. The Bertz CT molecular complexity index is 454. The van der Waals surface area contributed by atoms with Gasteiger partial charge in [-0.1, -0.05) is 20.8 Å². The molecule has 1 aliphatic heterocycles. The first-order valence-corrected chi connectivity index (χ1v) is 7.27. The largest absolute Gasteiger partial charge is 0.370 e. The van der Waals surface area contributed by atoms with Gasteiger partial charge in [0.05, 0.1) is 0 Å². The maximum Gasteiger partial charge on any atom is 0.137 e. The van der Waals surface area contributed by atoms with Crippen molar-refractivity contribution in [1.29, 1.82) is 0 Å². The fourth-order valence-corrected chi connectivity index (χ4v) is 2.63. The van der Waals surface area contributed by atoms with Gasteiger partial charge in [0, 0.05) is 25.2 Å². The molecule has 1 aliphatic rings. The molecule has 1 N–H and O–H groups in total. The van der Waals surface area contributed by atoms with Crippen LogP contribution in [0.3, 0.4) is 0 Å². The highest BCUT2D eigenvalue weighted by atomic mass is 15.2. The van der Waals surface area contributed by atoms with Crippen LogP contribution in [-0.4, -0.2) is 29.6 Å². The number of aromatic nitrogens is 2. The first-order valence-electron chi connectivity index (χ1n) is 7.27. The van der Waals surface area contributed by atoms with Crippen molar-refractivity contribution in [1.82, 2.24) is 9.97 Å². The van der Waals surface area contributed by atoms with Gasteiger partial charge in [0.25, 0.3) is 0 Å². The summed E-state index contributed by atoms with van der Waals surface area (Å²) in [7, 11) is 0. The van der Waals surface area contributed by atoms with E-state index in [0.29, 0.717) is 5.41 Å². The molecule has 106 valence electrons. The average Bonchev–Trinajstić information content (AvgIpc) is 2.70. The van der Waals surface area contributed by atoms with E-state index in [-0.39, 0.29) is 0 Å². The van der Waals surface area contributed by atoms with Crippen LogP contribution in [-0.2, 0) is 0 Å². The van der Waals surface area contributed by atoms with Crippen LogP contribution in [0.5, 0.6) is 0 Å². The topological polar surface area (TPSA) is 41.1 Å². The number of aryl methyl sites for hydroxylation is 1. The van der Waals surface area contributed by atoms with E-state index < -0.39 is 0 Å². The average molecular weight is 262 g/mol.